The topological polar surface area (TPSA) is 86.7 Å². The third-order valence-electron chi connectivity index (χ3n) is 2.88. The molecule has 0 unspecified atom stereocenters. The van der Waals surface area contributed by atoms with Gasteiger partial charge in [-0.25, -0.2) is 0 Å². The molecule has 1 aromatic carbocycles. The van der Waals surface area contributed by atoms with Crippen molar-refractivity contribution in [1.82, 2.24) is 10.2 Å². The minimum absolute atomic E-state index is 0.0988. The smallest absolute Gasteiger partial charge is 0.305 e. The van der Waals surface area contributed by atoms with Gasteiger partial charge in [0.25, 0.3) is 5.91 Å². The van der Waals surface area contributed by atoms with E-state index in [2.05, 4.69) is 5.32 Å². The van der Waals surface area contributed by atoms with E-state index in [-0.39, 0.29) is 31.3 Å². The molecule has 0 fully saturated rings. The normalized spacial score (nSPS) is 9.95. The van der Waals surface area contributed by atoms with Crippen molar-refractivity contribution in [2.45, 2.75) is 19.8 Å². The number of carbonyl (C=O) groups excluding carboxylic acids is 2. The van der Waals surface area contributed by atoms with Crippen LogP contribution in [0.15, 0.2) is 30.3 Å². The Morgan fingerprint density at radius 2 is 1.81 bits per heavy atom. The first kappa shape index (κ1) is 16.7. The van der Waals surface area contributed by atoms with Crippen molar-refractivity contribution in [2.75, 3.05) is 19.6 Å². The Kier molecular flexibility index (Phi) is 6.94. The Morgan fingerprint density at radius 1 is 1.14 bits per heavy atom. The van der Waals surface area contributed by atoms with Crippen LogP contribution in [0.2, 0.25) is 0 Å². The highest BCUT2D eigenvalue weighted by Gasteiger charge is 2.15. The molecule has 0 aliphatic rings. The second-order valence-corrected chi connectivity index (χ2v) is 4.57. The van der Waals surface area contributed by atoms with Crippen LogP contribution in [-0.2, 0) is 9.59 Å². The predicted octanol–water partition coefficient (Wildman–Crippen LogP) is 1.13. The Morgan fingerprint density at radius 3 is 2.38 bits per heavy atom. The van der Waals surface area contributed by atoms with Crippen molar-refractivity contribution >= 4 is 17.8 Å². The lowest BCUT2D eigenvalue weighted by molar-refractivity contribution is -0.138. The molecule has 114 valence electrons. The van der Waals surface area contributed by atoms with Crippen molar-refractivity contribution < 1.29 is 19.5 Å². The maximum Gasteiger partial charge on any atom is 0.305 e. The minimum atomic E-state index is -0.947. The van der Waals surface area contributed by atoms with Crippen LogP contribution >= 0.6 is 0 Å². The van der Waals surface area contributed by atoms with Gasteiger partial charge in [0.2, 0.25) is 5.91 Å². The summed E-state index contributed by atoms with van der Waals surface area (Å²) in [5.41, 5.74) is 0.484. The monoisotopic (exact) mass is 292 g/mol. The van der Waals surface area contributed by atoms with Crippen LogP contribution in [0.4, 0.5) is 0 Å². The Labute approximate surface area is 123 Å². The number of hydrogen-bond donors (Lipinski definition) is 2. The average molecular weight is 292 g/mol. The summed E-state index contributed by atoms with van der Waals surface area (Å²) in [6.45, 7) is 2.41. The van der Waals surface area contributed by atoms with Crippen LogP contribution in [0.5, 0.6) is 0 Å². The standard InChI is InChI=1S/C15H20N2O4/c1-2-9-17(10-8-14(19)20)13(18)11-16-15(21)12-6-4-3-5-7-12/h3-7H,2,8-11H2,1H3,(H,16,21)(H,19,20). The third kappa shape index (κ3) is 6.07. The molecule has 6 heteroatoms. The van der Waals surface area contributed by atoms with Gasteiger partial charge in [0, 0.05) is 18.7 Å². The number of carboxylic acid groups (broad SMARTS) is 1. The van der Waals surface area contributed by atoms with Crippen LogP contribution < -0.4 is 5.32 Å². The van der Waals surface area contributed by atoms with Gasteiger partial charge in [-0.3, -0.25) is 14.4 Å². The molecule has 0 aromatic heterocycles. The fraction of sp³-hybridized carbons (Fsp3) is 0.400. The van der Waals surface area contributed by atoms with Crippen molar-refractivity contribution in [3.05, 3.63) is 35.9 Å². The maximum absolute atomic E-state index is 12.0. The fourth-order valence-electron chi connectivity index (χ4n) is 1.82. The zero-order chi connectivity index (χ0) is 15.7. The molecular formula is C15H20N2O4. The van der Waals surface area contributed by atoms with Gasteiger partial charge in [0.05, 0.1) is 13.0 Å². The largest absolute Gasteiger partial charge is 0.481 e. The predicted molar refractivity (Wildman–Crippen MR) is 77.9 cm³/mol. The van der Waals surface area contributed by atoms with Gasteiger partial charge in [0.1, 0.15) is 0 Å². The molecule has 2 N–H and O–H groups in total. The molecule has 0 aliphatic heterocycles. The fourth-order valence-corrected chi connectivity index (χ4v) is 1.82. The van der Waals surface area contributed by atoms with Crippen LogP contribution in [0, 0.1) is 0 Å². The Hall–Kier alpha value is -2.37. The van der Waals surface area contributed by atoms with E-state index in [4.69, 9.17) is 5.11 Å². The van der Waals surface area contributed by atoms with Gasteiger partial charge in [-0.05, 0) is 18.6 Å². The van der Waals surface area contributed by atoms with E-state index in [0.29, 0.717) is 12.1 Å². The van der Waals surface area contributed by atoms with E-state index in [1.54, 1.807) is 30.3 Å². The van der Waals surface area contributed by atoms with Crippen LogP contribution in [0.25, 0.3) is 0 Å². The number of carboxylic acids is 1. The molecular weight excluding hydrogens is 272 g/mol. The van der Waals surface area contributed by atoms with Gasteiger partial charge in [-0.15, -0.1) is 0 Å². The average Bonchev–Trinajstić information content (AvgIpc) is 2.49. The molecule has 0 saturated heterocycles. The van der Waals surface area contributed by atoms with Crippen LogP contribution in [-0.4, -0.2) is 47.4 Å². The second-order valence-electron chi connectivity index (χ2n) is 4.57. The van der Waals surface area contributed by atoms with E-state index in [1.165, 1.54) is 4.90 Å². The second kappa shape index (κ2) is 8.73. The van der Waals surface area contributed by atoms with E-state index in [9.17, 15) is 14.4 Å². The molecule has 2 amide bonds. The van der Waals surface area contributed by atoms with Gasteiger partial charge < -0.3 is 15.3 Å². The number of carbonyl (C=O) groups is 3. The third-order valence-corrected chi connectivity index (χ3v) is 2.88. The van der Waals surface area contributed by atoms with Crippen molar-refractivity contribution in [1.29, 1.82) is 0 Å². The van der Waals surface area contributed by atoms with Gasteiger partial charge in [-0.1, -0.05) is 25.1 Å². The van der Waals surface area contributed by atoms with Crippen molar-refractivity contribution in [3.8, 4) is 0 Å². The molecule has 0 heterocycles. The lowest BCUT2D eigenvalue weighted by Gasteiger charge is -2.21. The first-order valence-corrected chi connectivity index (χ1v) is 6.87. The van der Waals surface area contributed by atoms with Crippen molar-refractivity contribution in [3.63, 3.8) is 0 Å². The maximum atomic E-state index is 12.0. The highest BCUT2D eigenvalue weighted by Crippen LogP contribution is 1.99. The summed E-state index contributed by atoms with van der Waals surface area (Å²) in [6.07, 6.45) is 0.635. The van der Waals surface area contributed by atoms with Gasteiger partial charge in [-0.2, -0.15) is 0 Å². The molecule has 0 radical (unpaired) electrons. The summed E-state index contributed by atoms with van der Waals surface area (Å²) >= 11 is 0. The lowest BCUT2D eigenvalue weighted by Crippen LogP contribution is -2.41. The highest BCUT2D eigenvalue weighted by molar-refractivity contribution is 5.96. The number of aliphatic carboxylic acids is 1. The molecule has 0 bridgehead atoms. The number of nitrogens with one attached hydrogen (secondary N) is 1. The zero-order valence-corrected chi connectivity index (χ0v) is 12.0. The summed E-state index contributed by atoms with van der Waals surface area (Å²) in [4.78, 5) is 35.9. The summed E-state index contributed by atoms with van der Waals surface area (Å²) in [5, 5.41) is 11.2. The number of benzene rings is 1. The number of hydrogen-bond acceptors (Lipinski definition) is 3. The van der Waals surface area contributed by atoms with E-state index in [0.717, 1.165) is 6.42 Å². The first-order valence-electron chi connectivity index (χ1n) is 6.87. The molecule has 1 aromatic rings. The summed E-state index contributed by atoms with van der Waals surface area (Å²) in [5.74, 6) is -1.54. The van der Waals surface area contributed by atoms with E-state index in [1.807, 2.05) is 6.92 Å². The number of nitrogens with zero attached hydrogens (tertiary/aromatic N) is 1. The molecule has 6 nitrogen and oxygen atoms in total. The number of rotatable bonds is 8. The molecule has 21 heavy (non-hydrogen) atoms. The molecule has 0 saturated carbocycles. The quantitative estimate of drug-likeness (QED) is 0.752. The van der Waals surface area contributed by atoms with E-state index < -0.39 is 5.97 Å². The molecule has 0 aliphatic carbocycles. The lowest BCUT2D eigenvalue weighted by atomic mass is 10.2. The van der Waals surface area contributed by atoms with E-state index >= 15 is 0 Å². The molecule has 0 atom stereocenters. The van der Waals surface area contributed by atoms with Crippen LogP contribution in [0.3, 0.4) is 0 Å². The Balaban J connectivity index is 2.49. The number of amides is 2. The van der Waals surface area contributed by atoms with Gasteiger partial charge >= 0.3 is 5.97 Å². The minimum Gasteiger partial charge on any atom is -0.481 e. The van der Waals surface area contributed by atoms with Gasteiger partial charge in [0.15, 0.2) is 0 Å². The zero-order valence-electron chi connectivity index (χ0n) is 12.0. The Bertz CT molecular complexity index is 488. The summed E-state index contributed by atoms with van der Waals surface area (Å²) < 4.78 is 0. The summed E-state index contributed by atoms with van der Waals surface area (Å²) in [6, 6.07) is 8.61. The highest BCUT2D eigenvalue weighted by atomic mass is 16.4. The van der Waals surface area contributed by atoms with Crippen LogP contribution in [0.1, 0.15) is 30.1 Å². The molecule has 1 rings (SSSR count). The summed E-state index contributed by atoms with van der Waals surface area (Å²) in [7, 11) is 0. The molecule has 0 spiro atoms. The SMILES string of the molecule is CCCN(CCC(=O)O)C(=O)CNC(=O)c1ccccc1. The van der Waals surface area contributed by atoms with Crippen molar-refractivity contribution in [2.24, 2.45) is 0 Å². The first-order chi connectivity index (χ1) is 10.0.